The predicted molar refractivity (Wildman–Crippen MR) is 102 cm³/mol. The maximum Gasteiger partial charge on any atom is 0.341 e. The Morgan fingerprint density at radius 3 is 2.37 bits per heavy atom. The van der Waals surface area contributed by atoms with Gasteiger partial charge in [0.2, 0.25) is 0 Å². The number of anilines is 1. The summed E-state index contributed by atoms with van der Waals surface area (Å²) in [6.07, 6.45) is 0. The third kappa shape index (κ3) is 5.38. The summed E-state index contributed by atoms with van der Waals surface area (Å²) in [5.41, 5.74) is 2.92. The first-order chi connectivity index (χ1) is 12.8. The number of carboxylic acids is 1. The van der Waals surface area contributed by atoms with Crippen LogP contribution in [-0.2, 0) is 19.1 Å². The molecule has 2 rings (SSSR count). The molecule has 27 heavy (non-hydrogen) atoms. The number of methoxy groups -OCH3 is 1. The lowest BCUT2D eigenvalue weighted by Crippen LogP contribution is -2.21. The average Bonchev–Trinajstić information content (AvgIpc) is 3.04. The van der Waals surface area contributed by atoms with Crippen molar-refractivity contribution in [2.75, 3.05) is 25.6 Å². The topological polar surface area (TPSA) is 102 Å². The minimum atomic E-state index is -1.17. The van der Waals surface area contributed by atoms with Crippen LogP contribution in [0.2, 0.25) is 0 Å². The fourth-order valence-corrected chi connectivity index (χ4v) is 3.38. The Balaban J connectivity index is 2.25. The molecule has 0 atom stereocenters. The fourth-order valence-electron chi connectivity index (χ4n) is 2.41. The summed E-state index contributed by atoms with van der Waals surface area (Å²) in [4.78, 5) is 34.7. The molecule has 0 saturated heterocycles. The first-order valence-corrected chi connectivity index (χ1v) is 9.11. The number of benzene rings is 1. The third-order valence-corrected chi connectivity index (χ3v) is 4.68. The zero-order valence-electron chi connectivity index (χ0n) is 15.3. The van der Waals surface area contributed by atoms with Crippen molar-refractivity contribution in [3.05, 3.63) is 40.8 Å². The van der Waals surface area contributed by atoms with Gasteiger partial charge in [-0.3, -0.25) is 4.79 Å². The average molecular weight is 391 g/mol. The van der Waals surface area contributed by atoms with Gasteiger partial charge in [-0.2, -0.15) is 0 Å². The number of carboxylic acid groups (broad SMARTS) is 1. The van der Waals surface area contributed by atoms with E-state index in [1.807, 2.05) is 24.3 Å². The summed E-state index contributed by atoms with van der Waals surface area (Å²) in [6, 6.07) is 7.84. The molecule has 2 aromatic rings. The SMILES string of the molecule is COC(=O)c1c(-c2ccc(C(C)C)cc2)csc1NC(=O)COCC(=O)O. The molecule has 2 N–H and O–H groups in total. The van der Waals surface area contributed by atoms with E-state index in [-0.39, 0.29) is 5.56 Å². The van der Waals surface area contributed by atoms with E-state index < -0.39 is 31.1 Å². The lowest BCUT2D eigenvalue weighted by Gasteiger charge is -2.09. The lowest BCUT2D eigenvalue weighted by molar-refractivity contribution is -0.143. The molecule has 144 valence electrons. The molecule has 0 unspecified atom stereocenters. The molecule has 0 aliphatic heterocycles. The number of hydrogen-bond donors (Lipinski definition) is 2. The van der Waals surface area contributed by atoms with E-state index >= 15 is 0 Å². The van der Waals surface area contributed by atoms with E-state index in [1.54, 1.807) is 5.38 Å². The van der Waals surface area contributed by atoms with Gasteiger partial charge in [0.15, 0.2) is 0 Å². The maximum atomic E-state index is 12.3. The van der Waals surface area contributed by atoms with Crippen molar-refractivity contribution in [2.45, 2.75) is 19.8 Å². The van der Waals surface area contributed by atoms with E-state index in [0.717, 1.165) is 5.56 Å². The highest BCUT2D eigenvalue weighted by Gasteiger charge is 2.22. The molecule has 0 aliphatic rings. The van der Waals surface area contributed by atoms with Crippen molar-refractivity contribution in [3.8, 4) is 11.1 Å². The van der Waals surface area contributed by atoms with Crippen LogP contribution in [-0.4, -0.2) is 43.3 Å². The number of carbonyl (C=O) groups excluding carboxylic acids is 2. The molecule has 0 radical (unpaired) electrons. The first kappa shape index (κ1) is 20.6. The van der Waals surface area contributed by atoms with Gasteiger partial charge in [-0.1, -0.05) is 38.1 Å². The number of amides is 1. The number of carbonyl (C=O) groups is 3. The van der Waals surface area contributed by atoms with Crippen LogP contribution in [0.4, 0.5) is 5.00 Å². The summed E-state index contributed by atoms with van der Waals surface area (Å²) in [7, 11) is 1.27. The van der Waals surface area contributed by atoms with Gasteiger partial charge < -0.3 is 19.9 Å². The van der Waals surface area contributed by atoms with Crippen LogP contribution in [0.25, 0.3) is 11.1 Å². The van der Waals surface area contributed by atoms with E-state index in [0.29, 0.717) is 16.5 Å². The number of rotatable bonds is 8. The molecular formula is C19H21NO6S. The molecule has 0 fully saturated rings. The van der Waals surface area contributed by atoms with Crippen LogP contribution in [0.1, 0.15) is 35.7 Å². The van der Waals surface area contributed by atoms with Crippen LogP contribution in [0, 0.1) is 0 Å². The number of ether oxygens (including phenoxy) is 2. The van der Waals surface area contributed by atoms with Gasteiger partial charge >= 0.3 is 11.9 Å². The van der Waals surface area contributed by atoms with Gasteiger partial charge in [0.25, 0.3) is 5.91 Å². The highest BCUT2D eigenvalue weighted by atomic mass is 32.1. The number of esters is 1. The molecule has 7 nitrogen and oxygen atoms in total. The highest BCUT2D eigenvalue weighted by molar-refractivity contribution is 7.15. The normalized spacial score (nSPS) is 10.7. The quantitative estimate of drug-likeness (QED) is 0.669. The summed E-state index contributed by atoms with van der Waals surface area (Å²) in [6.45, 7) is 3.19. The van der Waals surface area contributed by atoms with Gasteiger partial charge in [0.05, 0.1) is 7.11 Å². The Hall–Kier alpha value is -2.71. The van der Waals surface area contributed by atoms with Gasteiger partial charge in [-0.25, -0.2) is 9.59 Å². The van der Waals surface area contributed by atoms with Crippen molar-refractivity contribution in [2.24, 2.45) is 0 Å². The van der Waals surface area contributed by atoms with Crippen molar-refractivity contribution in [1.82, 2.24) is 0 Å². The second kappa shape index (κ2) is 9.29. The molecule has 1 amide bonds. The number of thiophene rings is 1. The van der Waals surface area contributed by atoms with Gasteiger partial charge in [0.1, 0.15) is 23.8 Å². The van der Waals surface area contributed by atoms with E-state index in [1.165, 1.54) is 24.0 Å². The summed E-state index contributed by atoms with van der Waals surface area (Å²) in [5.74, 6) is -1.89. The zero-order valence-corrected chi connectivity index (χ0v) is 16.1. The number of hydrogen-bond acceptors (Lipinski definition) is 6. The maximum absolute atomic E-state index is 12.3. The molecule has 0 aliphatic carbocycles. The number of nitrogens with one attached hydrogen (secondary N) is 1. The fraction of sp³-hybridized carbons (Fsp3) is 0.316. The van der Waals surface area contributed by atoms with Crippen LogP contribution < -0.4 is 5.32 Å². The summed E-state index contributed by atoms with van der Waals surface area (Å²) < 4.78 is 9.62. The van der Waals surface area contributed by atoms with E-state index in [9.17, 15) is 14.4 Å². The Labute approximate surface area is 160 Å². The molecule has 1 heterocycles. The van der Waals surface area contributed by atoms with Crippen molar-refractivity contribution in [3.63, 3.8) is 0 Å². The first-order valence-electron chi connectivity index (χ1n) is 8.23. The van der Waals surface area contributed by atoms with Crippen LogP contribution in [0.5, 0.6) is 0 Å². The second-order valence-corrected chi connectivity index (χ2v) is 6.94. The number of aliphatic carboxylic acids is 1. The molecule has 0 spiro atoms. The van der Waals surface area contributed by atoms with Crippen LogP contribution in [0.3, 0.4) is 0 Å². The van der Waals surface area contributed by atoms with Crippen molar-refractivity contribution < 1.29 is 29.0 Å². The Morgan fingerprint density at radius 1 is 1.15 bits per heavy atom. The zero-order chi connectivity index (χ0) is 20.0. The molecule has 0 saturated carbocycles. The lowest BCUT2D eigenvalue weighted by atomic mass is 9.98. The minimum absolute atomic E-state index is 0.256. The van der Waals surface area contributed by atoms with Crippen molar-refractivity contribution in [1.29, 1.82) is 0 Å². The smallest absolute Gasteiger partial charge is 0.341 e. The predicted octanol–water partition coefficient (Wildman–Crippen LogP) is 3.36. The van der Waals surface area contributed by atoms with E-state index in [2.05, 4.69) is 19.2 Å². The van der Waals surface area contributed by atoms with Crippen molar-refractivity contribution >= 4 is 34.2 Å². The summed E-state index contributed by atoms with van der Waals surface area (Å²) >= 11 is 1.19. The second-order valence-electron chi connectivity index (χ2n) is 6.06. The molecule has 1 aromatic heterocycles. The van der Waals surface area contributed by atoms with E-state index in [4.69, 9.17) is 14.6 Å². The van der Waals surface area contributed by atoms with Crippen LogP contribution in [0.15, 0.2) is 29.6 Å². The summed E-state index contributed by atoms with van der Waals surface area (Å²) in [5, 5.41) is 13.2. The molecule has 0 bridgehead atoms. The van der Waals surface area contributed by atoms with Gasteiger partial charge in [-0.15, -0.1) is 11.3 Å². The monoisotopic (exact) mass is 391 g/mol. The largest absolute Gasteiger partial charge is 0.480 e. The van der Waals surface area contributed by atoms with Gasteiger partial charge in [0, 0.05) is 10.9 Å². The highest BCUT2D eigenvalue weighted by Crippen LogP contribution is 2.36. The Kier molecular flexibility index (Phi) is 7.09. The van der Waals surface area contributed by atoms with Gasteiger partial charge in [-0.05, 0) is 17.0 Å². The Morgan fingerprint density at radius 2 is 1.81 bits per heavy atom. The van der Waals surface area contributed by atoms with Crippen LogP contribution >= 0.6 is 11.3 Å². The standard InChI is InChI=1S/C19H21NO6S/c1-11(2)12-4-6-13(7-5-12)14-10-27-18(17(14)19(24)25-3)20-15(21)8-26-9-16(22)23/h4-7,10-11H,8-9H2,1-3H3,(H,20,21)(H,22,23). The molecular weight excluding hydrogens is 370 g/mol. The molecule has 8 heteroatoms. The third-order valence-electron chi connectivity index (χ3n) is 3.78. The molecule has 1 aromatic carbocycles. The Bertz CT molecular complexity index is 825. The minimum Gasteiger partial charge on any atom is -0.480 e.